The second-order valence-corrected chi connectivity index (χ2v) is 7.98. The summed E-state index contributed by atoms with van der Waals surface area (Å²) in [6, 6.07) is 0. The molecular formula is C18H33NO4. The van der Waals surface area contributed by atoms with Crippen LogP contribution in [0.3, 0.4) is 0 Å². The van der Waals surface area contributed by atoms with Gasteiger partial charge in [-0.25, -0.2) is 4.79 Å². The Morgan fingerprint density at radius 1 is 1.26 bits per heavy atom. The van der Waals surface area contributed by atoms with Gasteiger partial charge in [0, 0.05) is 20.1 Å². The van der Waals surface area contributed by atoms with Crippen LogP contribution in [0.2, 0.25) is 0 Å². The molecule has 0 radical (unpaired) electrons. The molecule has 0 N–H and O–H groups in total. The van der Waals surface area contributed by atoms with Gasteiger partial charge in [-0.05, 0) is 52.9 Å². The third-order valence-corrected chi connectivity index (χ3v) is 4.63. The van der Waals surface area contributed by atoms with E-state index in [0.29, 0.717) is 24.9 Å². The van der Waals surface area contributed by atoms with Crippen LogP contribution in [0.15, 0.2) is 0 Å². The number of rotatable bonds is 8. The van der Waals surface area contributed by atoms with Gasteiger partial charge in [0.05, 0.1) is 0 Å². The molecule has 5 heteroatoms. The number of carbonyl (C=O) groups is 2. The Morgan fingerprint density at radius 2 is 1.87 bits per heavy atom. The van der Waals surface area contributed by atoms with Crippen molar-refractivity contribution in [2.75, 3.05) is 13.7 Å². The Kier molecular flexibility index (Phi) is 7.05. The van der Waals surface area contributed by atoms with Crippen molar-refractivity contribution in [1.82, 2.24) is 4.90 Å². The molecule has 1 unspecified atom stereocenters. The number of carbonyl (C=O) groups excluding carboxylic acids is 2. The molecule has 0 spiro atoms. The van der Waals surface area contributed by atoms with Crippen molar-refractivity contribution in [3.8, 4) is 0 Å². The topological polar surface area (TPSA) is 55.8 Å². The van der Waals surface area contributed by atoms with E-state index in [2.05, 4.69) is 0 Å². The predicted octanol–water partition coefficient (Wildman–Crippen LogP) is 4.00. The molecule has 23 heavy (non-hydrogen) atoms. The lowest BCUT2D eigenvalue weighted by Crippen LogP contribution is -2.49. The molecule has 0 bridgehead atoms. The minimum absolute atomic E-state index is 0.397. The van der Waals surface area contributed by atoms with Crippen LogP contribution in [0.5, 0.6) is 0 Å². The van der Waals surface area contributed by atoms with Crippen LogP contribution in [0.4, 0.5) is 4.79 Å². The maximum Gasteiger partial charge on any atom is 0.412 e. The van der Waals surface area contributed by atoms with Gasteiger partial charge >= 0.3 is 6.09 Å². The standard InChI is InChI=1S/C18H33NO4/c1-17(2,3)23-16(21)19(6)18(4,5)22-13-11-15(10-12-20)14-8-7-9-14/h12,14-15H,7-11,13H2,1-6H3. The van der Waals surface area contributed by atoms with Crippen molar-refractivity contribution in [2.45, 2.75) is 78.0 Å². The highest BCUT2D eigenvalue weighted by atomic mass is 16.6. The van der Waals surface area contributed by atoms with Crippen LogP contribution < -0.4 is 0 Å². The SMILES string of the molecule is CN(C(=O)OC(C)(C)C)C(C)(C)OCCC(CC=O)C1CCC1. The molecule has 0 aliphatic heterocycles. The maximum atomic E-state index is 12.1. The summed E-state index contributed by atoms with van der Waals surface area (Å²) in [5, 5.41) is 0. The molecule has 1 rings (SSSR count). The average Bonchev–Trinajstić information content (AvgIpc) is 2.33. The van der Waals surface area contributed by atoms with Gasteiger partial charge in [0.15, 0.2) is 0 Å². The Bertz CT molecular complexity index is 396. The zero-order valence-corrected chi connectivity index (χ0v) is 15.6. The first-order valence-electron chi connectivity index (χ1n) is 8.61. The fourth-order valence-corrected chi connectivity index (χ4v) is 2.69. The van der Waals surface area contributed by atoms with E-state index in [4.69, 9.17) is 9.47 Å². The molecular weight excluding hydrogens is 294 g/mol. The van der Waals surface area contributed by atoms with E-state index < -0.39 is 17.4 Å². The molecule has 1 fully saturated rings. The quantitative estimate of drug-likeness (QED) is 0.499. The van der Waals surface area contributed by atoms with E-state index in [-0.39, 0.29) is 0 Å². The lowest BCUT2D eigenvalue weighted by molar-refractivity contribution is -0.122. The van der Waals surface area contributed by atoms with Crippen LogP contribution in [0.1, 0.15) is 66.7 Å². The van der Waals surface area contributed by atoms with Crippen molar-refractivity contribution in [2.24, 2.45) is 11.8 Å². The normalized spacial score (nSPS) is 17.3. The molecule has 0 aromatic heterocycles. The van der Waals surface area contributed by atoms with Crippen molar-refractivity contribution >= 4 is 12.4 Å². The summed E-state index contributed by atoms with van der Waals surface area (Å²) >= 11 is 0. The van der Waals surface area contributed by atoms with Crippen molar-refractivity contribution in [3.05, 3.63) is 0 Å². The number of aldehydes is 1. The van der Waals surface area contributed by atoms with Crippen LogP contribution >= 0.6 is 0 Å². The minimum atomic E-state index is -0.742. The summed E-state index contributed by atoms with van der Waals surface area (Å²) < 4.78 is 11.3. The summed E-state index contributed by atoms with van der Waals surface area (Å²) in [4.78, 5) is 24.5. The summed E-state index contributed by atoms with van der Waals surface area (Å²) in [5.74, 6) is 1.07. The van der Waals surface area contributed by atoms with Crippen molar-refractivity contribution < 1.29 is 19.1 Å². The van der Waals surface area contributed by atoms with Crippen molar-refractivity contribution in [3.63, 3.8) is 0 Å². The Morgan fingerprint density at radius 3 is 2.30 bits per heavy atom. The molecule has 0 heterocycles. The molecule has 0 aromatic rings. The first-order chi connectivity index (χ1) is 10.6. The van der Waals surface area contributed by atoms with Gasteiger partial charge in [0.1, 0.15) is 17.6 Å². The van der Waals surface area contributed by atoms with E-state index >= 15 is 0 Å². The number of hydrogen-bond donors (Lipinski definition) is 0. The van der Waals surface area contributed by atoms with Crippen LogP contribution in [-0.4, -0.2) is 42.3 Å². The fourth-order valence-electron chi connectivity index (χ4n) is 2.69. The monoisotopic (exact) mass is 327 g/mol. The zero-order chi connectivity index (χ0) is 17.7. The van der Waals surface area contributed by atoms with E-state index in [1.165, 1.54) is 24.2 Å². The molecule has 5 nitrogen and oxygen atoms in total. The van der Waals surface area contributed by atoms with Crippen LogP contribution in [0.25, 0.3) is 0 Å². The van der Waals surface area contributed by atoms with Gasteiger partial charge in [0.25, 0.3) is 0 Å². The fraction of sp³-hybridized carbons (Fsp3) is 0.889. The van der Waals surface area contributed by atoms with Gasteiger partial charge in [0.2, 0.25) is 0 Å². The maximum absolute atomic E-state index is 12.1. The van der Waals surface area contributed by atoms with E-state index in [9.17, 15) is 9.59 Å². The first kappa shape index (κ1) is 19.9. The van der Waals surface area contributed by atoms with Gasteiger partial charge in [-0.15, -0.1) is 0 Å². The number of ether oxygens (including phenoxy) is 2. The lowest BCUT2D eigenvalue weighted by atomic mass is 9.73. The third kappa shape index (κ3) is 6.50. The molecule has 0 aromatic carbocycles. The lowest BCUT2D eigenvalue weighted by Gasteiger charge is -2.37. The molecule has 134 valence electrons. The van der Waals surface area contributed by atoms with Gasteiger partial charge in [-0.2, -0.15) is 0 Å². The number of amides is 1. The van der Waals surface area contributed by atoms with Gasteiger partial charge in [-0.1, -0.05) is 19.3 Å². The molecule has 1 aliphatic carbocycles. The predicted molar refractivity (Wildman–Crippen MR) is 90.2 cm³/mol. The van der Waals surface area contributed by atoms with Crippen LogP contribution in [-0.2, 0) is 14.3 Å². The molecule has 1 atom stereocenters. The van der Waals surface area contributed by atoms with Gasteiger partial charge < -0.3 is 14.3 Å². The summed E-state index contributed by atoms with van der Waals surface area (Å²) in [7, 11) is 1.68. The molecule has 0 saturated heterocycles. The smallest absolute Gasteiger partial charge is 0.412 e. The third-order valence-electron chi connectivity index (χ3n) is 4.63. The Hall–Kier alpha value is -1.10. The highest BCUT2D eigenvalue weighted by Gasteiger charge is 2.33. The highest BCUT2D eigenvalue weighted by molar-refractivity contribution is 5.68. The first-order valence-corrected chi connectivity index (χ1v) is 8.61. The molecule has 1 saturated carbocycles. The van der Waals surface area contributed by atoms with E-state index in [1.54, 1.807) is 7.05 Å². The van der Waals surface area contributed by atoms with E-state index in [0.717, 1.165) is 12.7 Å². The van der Waals surface area contributed by atoms with E-state index in [1.807, 2.05) is 34.6 Å². The minimum Gasteiger partial charge on any atom is -0.444 e. The van der Waals surface area contributed by atoms with Gasteiger partial charge in [-0.3, -0.25) is 4.90 Å². The largest absolute Gasteiger partial charge is 0.444 e. The number of nitrogens with zero attached hydrogens (tertiary/aromatic N) is 1. The zero-order valence-electron chi connectivity index (χ0n) is 15.6. The second-order valence-electron chi connectivity index (χ2n) is 7.98. The van der Waals surface area contributed by atoms with Crippen LogP contribution in [0, 0.1) is 11.8 Å². The summed E-state index contributed by atoms with van der Waals surface area (Å²) in [6.07, 6.45) is 5.80. The number of hydrogen-bond acceptors (Lipinski definition) is 4. The average molecular weight is 327 g/mol. The highest BCUT2D eigenvalue weighted by Crippen LogP contribution is 2.36. The molecule has 1 amide bonds. The molecule has 1 aliphatic rings. The van der Waals surface area contributed by atoms with Crippen molar-refractivity contribution in [1.29, 1.82) is 0 Å². The Labute approximate surface area is 140 Å². The summed E-state index contributed by atoms with van der Waals surface area (Å²) in [5.41, 5.74) is -1.27. The second kappa shape index (κ2) is 8.13. The summed E-state index contributed by atoms with van der Waals surface area (Å²) in [6.45, 7) is 9.78. The Balaban J connectivity index is 2.46.